The first kappa shape index (κ1) is 36.2. The number of phosphoric acid groups is 3. The van der Waals surface area contributed by atoms with E-state index in [0.29, 0.717) is 10.6 Å². The second-order valence-corrected chi connectivity index (χ2v) is 15.5. The molecule has 2 aromatic heterocycles. The molecule has 1 saturated heterocycles. The fourth-order valence-electron chi connectivity index (χ4n) is 3.52. The molecule has 0 amide bonds. The topological polar surface area (TPSA) is 278 Å². The van der Waals surface area contributed by atoms with Crippen LogP contribution in [0.25, 0.3) is 0 Å². The minimum Gasteiger partial charge on any atom is -0.382 e. The number of hydrogen-bond donors (Lipinski definition) is 7. The molecule has 0 bridgehead atoms. The molecular weight excluding hydrogens is 695 g/mol. The zero-order valence-corrected chi connectivity index (χ0v) is 27.0. The lowest BCUT2D eigenvalue weighted by molar-refractivity contribution is -0.0658. The molecule has 3 rings (SSSR count). The van der Waals surface area contributed by atoms with Gasteiger partial charge < -0.3 is 40.5 Å². The van der Waals surface area contributed by atoms with E-state index in [1.165, 1.54) is 27.8 Å². The third-order valence-electron chi connectivity index (χ3n) is 5.13. The van der Waals surface area contributed by atoms with Crippen molar-refractivity contribution in [2.75, 3.05) is 25.1 Å². The summed E-state index contributed by atoms with van der Waals surface area (Å²) in [5.74, 6) is 5.12. The van der Waals surface area contributed by atoms with Gasteiger partial charge in [-0.05, 0) is 34.7 Å². The molecule has 8 N–H and O–H groups in total. The van der Waals surface area contributed by atoms with Crippen LogP contribution in [0, 0.1) is 11.8 Å². The Kier molecular flexibility index (Phi) is 12.9. The SMILES string of the molecule is CSSc1cc(C(S)OC2C[C@H](n3cc(C#CCN)c(N)nc3=O)O[C@@H]2COP(=O)(O)OP(=O)(O)OP(=O)(O)O)ccn1. The number of aromatic nitrogens is 3. The van der Waals surface area contributed by atoms with Crippen LogP contribution in [0.4, 0.5) is 5.82 Å². The smallest absolute Gasteiger partial charge is 0.382 e. The van der Waals surface area contributed by atoms with Crippen molar-refractivity contribution >= 4 is 63.5 Å². The van der Waals surface area contributed by atoms with Gasteiger partial charge in [-0.1, -0.05) is 22.6 Å². The number of nitrogens with two attached hydrogens (primary N) is 2. The van der Waals surface area contributed by atoms with Gasteiger partial charge in [-0.15, -0.1) is 12.6 Å². The first-order valence-electron chi connectivity index (χ1n) is 11.5. The van der Waals surface area contributed by atoms with Crippen molar-refractivity contribution in [2.45, 2.75) is 35.3 Å². The highest BCUT2D eigenvalue weighted by atomic mass is 33.1. The van der Waals surface area contributed by atoms with Gasteiger partial charge in [-0.25, -0.2) is 23.5 Å². The Bertz CT molecular complexity index is 1570. The van der Waals surface area contributed by atoms with Crippen LogP contribution < -0.4 is 17.2 Å². The summed E-state index contributed by atoms with van der Waals surface area (Å²) in [4.78, 5) is 57.4. The molecule has 24 heteroatoms. The normalized spacial score (nSPS) is 22.3. The number of hydrogen-bond acceptors (Lipinski definition) is 16. The van der Waals surface area contributed by atoms with Crippen molar-refractivity contribution in [2.24, 2.45) is 5.73 Å². The Hall–Kier alpha value is -1.27. The molecule has 1 aliphatic heterocycles. The second-order valence-electron chi connectivity index (χ2n) is 8.19. The van der Waals surface area contributed by atoms with Gasteiger partial charge in [0.15, 0.2) is 0 Å². The Morgan fingerprint density at radius 2 is 1.98 bits per heavy atom. The largest absolute Gasteiger partial charge is 0.490 e. The number of rotatable bonds is 13. The third-order valence-corrected chi connectivity index (χ3v) is 10.9. The van der Waals surface area contributed by atoms with Gasteiger partial charge in [0, 0.05) is 18.8 Å². The summed E-state index contributed by atoms with van der Waals surface area (Å²) >= 11 is 4.50. The van der Waals surface area contributed by atoms with Gasteiger partial charge in [0.25, 0.3) is 0 Å². The molecule has 238 valence electrons. The Morgan fingerprint density at radius 3 is 2.63 bits per heavy atom. The van der Waals surface area contributed by atoms with Gasteiger partial charge in [0.2, 0.25) is 0 Å². The van der Waals surface area contributed by atoms with E-state index in [4.69, 9.17) is 35.3 Å². The summed E-state index contributed by atoms with van der Waals surface area (Å²) in [5.41, 5.74) is 10.2. The Morgan fingerprint density at radius 1 is 1.26 bits per heavy atom. The number of thiol groups is 1. The molecule has 18 nitrogen and oxygen atoms in total. The predicted octanol–water partition coefficient (Wildman–Crippen LogP) is 1.55. The van der Waals surface area contributed by atoms with Gasteiger partial charge >= 0.3 is 29.2 Å². The zero-order chi connectivity index (χ0) is 32.0. The molecule has 0 radical (unpaired) electrons. The van der Waals surface area contributed by atoms with Gasteiger partial charge in [0.05, 0.1) is 24.8 Å². The molecule has 0 aromatic carbocycles. The lowest BCUT2D eigenvalue weighted by atomic mass is 10.1. The molecule has 2 aromatic rings. The number of phosphoric ester groups is 1. The molecule has 6 atom stereocenters. The fraction of sp³-hybridized carbons (Fsp3) is 0.421. The summed E-state index contributed by atoms with van der Waals surface area (Å²) in [6.45, 7) is -0.834. The van der Waals surface area contributed by atoms with Crippen molar-refractivity contribution in [1.29, 1.82) is 0 Å². The third kappa shape index (κ3) is 11.2. The van der Waals surface area contributed by atoms with E-state index in [1.54, 1.807) is 18.3 Å². The van der Waals surface area contributed by atoms with Crippen molar-refractivity contribution in [3.8, 4) is 11.8 Å². The van der Waals surface area contributed by atoms with Crippen molar-refractivity contribution in [3.05, 3.63) is 46.1 Å². The summed E-state index contributed by atoms with van der Waals surface area (Å²) < 4.78 is 60.1. The van der Waals surface area contributed by atoms with Crippen LogP contribution in [0.2, 0.25) is 0 Å². The minimum atomic E-state index is -5.75. The van der Waals surface area contributed by atoms with Gasteiger partial charge in [-0.2, -0.15) is 13.6 Å². The molecular formula is C19H26N5O13P3S3. The van der Waals surface area contributed by atoms with Crippen molar-refractivity contribution in [1.82, 2.24) is 14.5 Å². The van der Waals surface area contributed by atoms with Crippen molar-refractivity contribution < 1.29 is 55.9 Å². The molecule has 43 heavy (non-hydrogen) atoms. The van der Waals surface area contributed by atoms with E-state index < -0.39 is 59.6 Å². The molecule has 1 aliphatic rings. The monoisotopic (exact) mass is 721 g/mol. The summed E-state index contributed by atoms with van der Waals surface area (Å²) in [6.07, 6.45) is 1.31. The molecule has 3 heterocycles. The van der Waals surface area contributed by atoms with E-state index in [1.807, 2.05) is 6.26 Å². The molecule has 1 fully saturated rings. The van der Waals surface area contributed by atoms with Crippen LogP contribution in [0.3, 0.4) is 0 Å². The van der Waals surface area contributed by atoms with Crippen LogP contribution in [-0.4, -0.2) is 65.7 Å². The van der Waals surface area contributed by atoms with Gasteiger partial charge in [-0.3, -0.25) is 9.09 Å². The lowest BCUT2D eigenvalue weighted by Gasteiger charge is -2.23. The van der Waals surface area contributed by atoms with Crippen LogP contribution in [0.5, 0.6) is 0 Å². The maximum absolute atomic E-state index is 12.7. The summed E-state index contributed by atoms with van der Waals surface area (Å²) in [7, 11) is -14.0. The quantitative estimate of drug-likeness (QED) is 0.0508. The second kappa shape index (κ2) is 15.3. The number of ether oxygens (including phenoxy) is 2. The van der Waals surface area contributed by atoms with Crippen LogP contribution in [-0.2, 0) is 36.3 Å². The number of nitrogen functional groups attached to an aromatic ring is 1. The maximum Gasteiger partial charge on any atom is 0.490 e. The van der Waals surface area contributed by atoms with Gasteiger partial charge in [0.1, 0.15) is 28.6 Å². The van der Waals surface area contributed by atoms with E-state index in [9.17, 15) is 28.3 Å². The lowest BCUT2D eigenvalue weighted by Crippen LogP contribution is -2.30. The minimum absolute atomic E-state index is 0.00653. The maximum atomic E-state index is 12.7. The van der Waals surface area contributed by atoms with E-state index in [2.05, 4.69) is 43.1 Å². The predicted molar refractivity (Wildman–Crippen MR) is 157 cm³/mol. The number of nitrogens with zero attached hydrogens (tertiary/aromatic N) is 3. The van der Waals surface area contributed by atoms with Crippen LogP contribution in [0.15, 0.2) is 34.3 Å². The number of anilines is 1. The summed E-state index contributed by atoms with van der Waals surface area (Å²) in [6, 6.07) is 3.37. The van der Waals surface area contributed by atoms with E-state index in [-0.39, 0.29) is 24.3 Å². The summed E-state index contributed by atoms with van der Waals surface area (Å²) in [5, 5.41) is 0.669. The van der Waals surface area contributed by atoms with E-state index >= 15 is 0 Å². The molecule has 0 spiro atoms. The molecule has 4 unspecified atom stereocenters. The fourth-order valence-corrected chi connectivity index (χ4v) is 8.11. The zero-order valence-electron chi connectivity index (χ0n) is 21.8. The first-order chi connectivity index (χ1) is 20.0. The van der Waals surface area contributed by atoms with Crippen molar-refractivity contribution in [3.63, 3.8) is 0 Å². The first-order valence-corrected chi connectivity index (χ1v) is 19.1. The average Bonchev–Trinajstić information content (AvgIpc) is 3.27. The highest BCUT2D eigenvalue weighted by Gasteiger charge is 2.44. The molecule has 0 saturated carbocycles. The Balaban J connectivity index is 1.86. The van der Waals surface area contributed by atoms with Crippen LogP contribution >= 0.6 is 57.7 Å². The molecule has 0 aliphatic carbocycles. The average molecular weight is 722 g/mol. The highest BCUT2D eigenvalue weighted by molar-refractivity contribution is 8.76. The highest BCUT2D eigenvalue weighted by Crippen LogP contribution is 2.66. The van der Waals surface area contributed by atoms with E-state index in [0.717, 1.165) is 4.57 Å². The number of pyridine rings is 1. The van der Waals surface area contributed by atoms with Crippen LogP contribution in [0.1, 0.15) is 29.2 Å². The Labute approximate surface area is 257 Å². The standard InChI is InChI=1S/C19H26N5O13P3S3/c1-42-43-15-7-11(4-6-22-15)18(41)35-13-8-16(24-9-12(3-2-5-20)17(21)23-19(24)25)34-14(13)10-33-39(29,30)37-40(31,32)36-38(26,27)28/h4,6-7,9,13-14,16,18,41H,5,8,10,20H2,1H3,(H,29,30)(H,31,32)(H2,21,23,25)(H2,26,27,28)/t13?,14-,16-,18?/m1/s1.